The third-order valence-electron chi connectivity index (χ3n) is 4.01. The molecule has 1 saturated heterocycles. The van der Waals surface area contributed by atoms with Crippen LogP contribution in [0.1, 0.15) is 0 Å². The third-order valence-corrected chi connectivity index (χ3v) is 4.31. The number of piperazine rings is 1. The maximum Gasteiger partial charge on any atom is 0.135 e. The van der Waals surface area contributed by atoms with E-state index in [4.69, 9.17) is 11.6 Å². The van der Waals surface area contributed by atoms with Gasteiger partial charge in [-0.05, 0) is 30.8 Å². The van der Waals surface area contributed by atoms with E-state index in [9.17, 15) is 8.78 Å². The molecule has 0 N–H and O–H groups in total. The largest absolute Gasteiger partial charge is 0.369 e. The summed E-state index contributed by atoms with van der Waals surface area (Å²) < 4.78 is 27.3. The Morgan fingerprint density at radius 3 is 2.41 bits per heavy atom. The van der Waals surface area contributed by atoms with Gasteiger partial charge in [0.05, 0.1) is 5.02 Å². The maximum atomic E-state index is 14.1. The number of hydrogen-bond donors (Lipinski definition) is 0. The molecule has 0 amide bonds. The van der Waals surface area contributed by atoms with E-state index in [-0.39, 0.29) is 10.6 Å². The van der Waals surface area contributed by atoms with E-state index in [2.05, 4.69) is 16.8 Å². The van der Waals surface area contributed by atoms with Gasteiger partial charge in [0.15, 0.2) is 0 Å². The molecule has 1 fully saturated rings. The molecule has 5 heteroatoms. The lowest BCUT2D eigenvalue weighted by molar-refractivity contribution is 0.313. The molecule has 0 saturated carbocycles. The topological polar surface area (TPSA) is 6.48 Å². The molecule has 2 nitrogen and oxygen atoms in total. The summed E-state index contributed by atoms with van der Waals surface area (Å²) in [6, 6.07) is 9.59. The first-order chi connectivity index (χ1) is 10.5. The van der Waals surface area contributed by atoms with Crippen molar-refractivity contribution in [3.8, 4) is 11.1 Å². The minimum absolute atomic E-state index is 0.0908. The fourth-order valence-corrected chi connectivity index (χ4v) is 3.04. The average molecular weight is 323 g/mol. The number of likely N-dealkylation sites (N-methyl/N-ethyl adjacent to an activating group) is 1. The molecule has 0 aliphatic carbocycles. The first-order valence-electron chi connectivity index (χ1n) is 7.23. The highest BCUT2D eigenvalue weighted by molar-refractivity contribution is 6.33. The molecule has 0 aromatic heterocycles. The van der Waals surface area contributed by atoms with Crippen LogP contribution in [0.5, 0.6) is 0 Å². The van der Waals surface area contributed by atoms with Crippen LogP contribution in [0, 0.1) is 11.6 Å². The molecule has 0 atom stereocenters. The number of hydrogen-bond acceptors (Lipinski definition) is 2. The Morgan fingerprint density at radius 1 is 1.00 bits per heavy atom. The molecule has 2 aromatic carbocycles. The molecule has 22 heavy (non-hydrogen) atoms. The highest BCUT2D eigenvalue weighted by Crippen LogP contribution is 2.33. The van der Waals surface area contributed by atoms with Crippen molar-refractivity contribution < 1.29 is 8.78 Å². The molecule has 0 spiro atoms. The normalized spacial score (nSPS) is 16.1. The van der Waals surface area contributed by atoms with Crippen molar-refractivity contribution in [1.29, 1.82) is 0 Å². The van der Waals surface area contributed by atoms with Crippen LogP contribution in [0.3, 0.4) is 0 Å². The van der Waals surface area contributed by atoms with Gasteiger partial charge in [-0.15, -0.1) is 0 Å². The van der Waals surface area contributed by atoms with Gasteiger partial charge in [0.2, 0.25) is 0 Å². The van der Waals surface area contributed by atoms with Gasteiger partial charge in [-0.2, -0.15) is 0 Å². The van der Waals surface area contributed by atoms with Crippen LogP contribution in [0.4, 0.5) is 14.5 Å². The molecule has 0 bridgehead atoms. The maximum absolute atomic E-state index is 14.1. The lowest BCUT2D eigenvalue weighted by Gasteiger charge is -2.34. The summed E-state index contributed by atoms with van der Waals surface area (Å²) in [4.78, 5) is 4.54. The fourth-order valence-electron chi connectivity index (χ4n) is 2.74. The summed E-state index contributed by atoms with van der Waals surface area (Å²) in [6.07, 6.45) is 0. The lowest BCUT2D eigenvalue weighted by atomic mass is 10.0. The zero-order valence-electron chi connectivity index (χ0n) is 12.3. The summed E-state index contributed by atoms with van der Waals surface area (Å²) >= 11 is 6.03. The predicted molar refractivity (Wildman–Crippen MR) is 86.5 cm³/mol. The van der Waals surface area contributed by atoms with E-state index in [0.29, 0.717) is 5.56 Å². The van der Waals surface area contributed by atoms with Crippen LogP contribution in [0.25, 0.3) is 11.1 Å². The van der Waals surface area contributed by atoms with Crippen molar-refractivity contribution in [3.05, 3.63) is 53.1 Å². The molecule has 2 aromatic rings. The van der Waals surface area contributed by atoms with Gasteiger partial charge in [-0.3, -0.25) is 0 Å². The van der Waals surface area contributed by atoms with Crippen LogP contribution < -0.4 is 4.90 Å². The molecular formula is C17H17ClF2N2. The summed E-state index contributed by atoms with van der Waals surface area (Å²) in [5.41, 5.74) is 1.95. The van der Waals surface area contributed by atoms with E-state index in [1.54, 1.807) is 6.07 Å². The molecule has 1 aliphatic heterocycles. The van der Waals surface area contributed by atoms with Gasteiger partial charge in [0.1, 0.15) is 11.6 Å². The average Bonchev–Trinajstić information content (AvgIpc) is 2.47. The summed E-state index contributed by atoms with van der Waals surface area (Å²) in [7, 11) is 2.10. The Morgan fingerprint density at radius 2 is 1.73 bits per heavy atom. The highest BCUT2D eigenvalue weighted by atomic mass is 35.5. The molecule has 116 valence electrons. The number of anilines is 1. The number of rotatable bonds is 2. The Hall–Kier alpha value is -1.65. The van der Waals surface area contributed by atoms with Crippen LogP contribution in [0.15, 0.2) is 36.4 Å². The molecule has 0 radical (unpaired) electrons. The van der Waals surface area contributed by atoms with Gasteiger partial charge in [0.25, 0.3) is 0 Å². The van der Waals surface area contributed by atoms with Crippen molar-refractivity contribution in [2.24, 2.45) is 0 Å². The molecular weight excluding hydrogens is 306 g/mol. The molecule has 1 heterocycles. The van der Waals surface area contributed by atoms with E-state index in [0.717, 1.165) is 44.0 Å². The Labute approximate surface area is 133 Å². The fraction of sp³-hybridized carbons (Fsp3) is 0.294. The highest BCUT2D eigenvalue weighted by Gasteiger charge is 2.17. The molecule has 1 aliphatic rings. The van der Waals surface area contributed by atoms with Gasteiger partial charge in [-0.25, -0.2) is 8.78 Å². The number of halogens is 3. The summed E-state index contributed by atoms with van der Waals surface area (Å²) in [5, 5.41) is 0.0908. The van der Waals surface area contributed by atoms with Crippen molar-refractivity contribution in [3.63, 3.8) is 0 Å². The van der Waals surface area contributed by atoms with Gasteiger partial charge >= 0.3 is 0 Å². The zero-order valence-corrected chi connectivity index (χ0v) is 13.1. The first-order valence-corrected chi connectivity index (χ1v) is 7.61. The van der Waals surface area contributed by atoms with Crippen LogP contribution >= 0.6 is 11.6 Å². The zero-order chi connectivity index (χ0) is 15.7. The SMILES string of the molecule is CN1CCN(c2cccc(-c3c(F)cc(F)cc3Cl)c2)CC1. The molecule has 3 rings (SSSR count). The minimum atomic E-state index is -0.665. The number of nitrogens with zero attached hydrogens (tertiary/aromatic N) is 2. The smallest absolute Gasteiger partial charge is 0.135 e. The van der Waals surface area contributed by atoms with Crippen LogP contribution in [-0.4, -0.2) is 38.1 Å². The van der Waals surface area contributed by atoms with Crippen molar-refractivity contribution >= 4 is 17.3 Å². The Balaban J connectivity index is 1.95. The van der Waals surface area contributed by atoms with Gasteiger partial charge in [0, 0.05) is 43.5 Å². The van der Waals surface area contributed by atoms with Crippen LogP contribution in [0.2, 0.25) is 5.02 Å². The van der Waals surface area contributed by atoms with Crippen molar-refractivity contribution in [2.75, 3.05) is 38.1 Å². The van der Waals surface area contributed by atoms with E-state index >= 15 is 0 Å². The lowest BCUT2D eigenvalue weighted by Crippen LogP contribution is -2.44. The van der Waals surface area contributed by atoms with E-state index < -0.39 is 11.6 Å². The second-order valence-corrected chi connectivity index (χ2v) is 5.99. The minimum Gasteiger partial charge on any atom is -0.369 e. The summed E-state index contributed by atoms with van der Waals surface area (Å²) in [5.74, 6) is -1.30. The third kappa shape index (κ3) is 3.08. The number of benzene rings is 2. The van der Waals surface area contributed by atoms with Crippen molar-refractivity contribution in [1.82, 2.24) is 4.90 Å². The standard InChI is InChI=1S/C17H17ClF2N2/c1-21-5-7-22(8-6-21)14-4-2-3-12(9-14)17-15(18)10-13(19)11-16(17)20/h2-4,9-11H,5-8H2,1H3. The second-order valence-electron chi connectivity index (χ2n) is 5.59. The summed E-state index contributed by atoms with van der Waals surface area (Å²) in [6.45, 7) is 3.85. The van der Waals surface area contributed by atoms with Gasteiger partial charge in [-0.1, -0.05) is 23.7 Å². The quantitative estimate of drug-likeness (QED) is 0.823. The second kappa shape index (κ2) is 6.23. The first kappa shape index (κ1) is 15.3. The van der Waals surface area contributed by atoms with Gasteiger partial charge < -0.3 is 9.80 Å². The van der Waals surface area contributed by atoms with E-state index in [1.165, 1.54) is 0 Å². The Kier molecular flexibility index (Phi) is 4.32. The Bertz CT molecular complexity index is 659. The van der Waals surface area contributed by atoms with E-state index in [1.807, 2.05) is 18.2 Å². The van der Waals surface area contributed by atoms with Crippen LogP contribution in [-0.2, 0) is 0 Å². The van der Waals surface area contributed by atoms with Crippen molar-refractivity contribution in [2.45, 2.75) is 0 Å². The monoisotopic (exact) mass is 322 g/mol. The predicted octanol–water partition coefficient (Wildman–Crippen LogP) is 4.04. The molecule has 0 unspecified atom stereocenters.